The summed E-state index contributed by atoms with van der Waals surface area (Å²) in [6, 6.07) is 0.680. The molecule has 0 amide bonds. The van der Waals surface area contributed by atoms with Crippen molar-refractivity contribution in [2.24, 2.45) is 0 Å². The lowest BCUT2D eigenvalue weighted by molar-refractivity contribution is -0.0470. The average molecular weight is 357 g/mol. The lowest BCUT2D eigenvalue weighted by Gasteiger charge is -2.35. The zero-order valence-electron chi connectivity index (χ0n) is 12.9. The summed E-state index contributed by atoms with van der Waals surface area (Å²) >= 11 is 3.64. The third-order valence-electron chi connectivity index (χ3n) is 4.58. The maximum absolute atomic E-state index is 5.98. The number of fused-ring (bicyclic) bond motifs is 1. The van der Waals surface area contributed by atoms with Crippen molar-refractivity contribution in [2.75, 3.05) is 26.2 Å². The second-order valence-electron chi connectivity index (χ2n) is 6.04. The maximum atomic E-state index is 5.98. The monoisotopic (exact) mass is 356 g/mol. The Labute approximate surface area is 135 Å². The van der Waals surface area contributed by atoms with Crippen LogP contribution in [0.1, 0.15) is 31.2 Å². The molecule has 2 aliphatic heterocycles. The van der Waals surface area contributed by atoms with E-state index in [0.29, 0.717) is 12.1 Å². The summed E-state index contributed by atoms with van der Waals surface area (Å²) in [7, 11) is 0. The smallest absolute Gasteiger partial charge is 0.0827 e. The summed E-state index contributed by atoms with van der Waals surface area (Å²) in [5.41, 5.74) is 2.28. The molecule has 2 saturated heterocycles. The summed E-state index contributed by atoms with van der Waals surface area (Å²) in [5, 5.41) is 8.07. The first kappa shape index (κ1) is 15.5. The van der Waals surface area contributed by atoms with E-state index in [1.165, 1.54) is 25.1 Å². The van der Waals surface area contributed by atoms with Gasteiger partial charge in [-0.1, -0.05) is 0 Å². The van der Waals surface area contributed by atoms with Crippen LogP contribution in [0.4, 0.5) is 0 Å². The molecular weight excluding hydrogens is 332 g/mol. The van der Waals surface area contributed by atoms with Gasteiger partial charge < -0.3 is 10.1 Å². The Hall–Kier alpha value is -0.430. The van der Waals surface area contributed by atoms with Crippen molar-refractivity contribution in [1.82, 2.24) is 20.0 Å². The van der Waals surface area contributed by atoms with E-state index in [9.17, 15) is 0 Å². The zero-order chi connectivity index (χ0) is 14.8. The maximum Gasteiger partial charge on any atom is 0.0827 e. The molecule has 0 spiro atoms. The van der Waals surface area contributed by atoms with Crippen molar-refractivity contribution in [3.63, 3.8) is 0 Å². The second-order valence-corrected chi connectivity index (χ2v) is 6.83. The van der Waals surface area contributed by atoms with Gasteiger partial charge in [0.25, 0.3) is 0 Å². The van der Waals surface area contributed by atoms with E-state index in [1.54, 1.807) is 0 Å². The quantitative estimate of drug-likeness (QED) is 0.875. The summed E-state index contributed by atoms with van der Waals surface area (Å²) < 4.78 is 9.17. The van der Waals surface area contributed by atoms with E-state index in [-0.39, 0.29) is 0 Å². The van der Waals surface area contributed by atoms with E-state index in [4.69, 9.17) is 4.74 Å². The highest BCUT2D eigenvalue weighted by Crippen LogP contribution is 2.23. The normalized spacial score (nSPS) is 26.2. The lowest BCUT2D eigenvalue weighted by atomic mass is 10.2. The number of ether oxygens (including phenoxy) is 1. The topological polar surface area (TPSA) is 42.3 Å². The Morgan fingerprint density at radius 3 is 3.14 bits per heavy atom. The van der Waals surface area contributed by atoms with Gasteiger partial charge >= 0.3 is 0 Å². The molecule has 2 unspecified atom stereocenters. The standard InChI is InChI=1S/C15H25BrN4O/c1-3-20-14(15(16)11(2)18-20)8-17-7-13-9-19-6-4-5-12(19)10-21-13/h12-13,17H,3-10H2,1-2H3. The van der Waals surface area contributed by atoms with Crippen LogP contribution in [0.15, 0.2) is 4.47 Å². The molecule has 5 nitrogen and oxygen atoms in total. The van der Waals surface area contributed by atoms with Crippen LogP contribution >= 0.6 is 15.9 Å². The number of nitrogens with zero attached hydrogens (tertiary/aromatic N) is 3. The minimum atomic E-state index is 0.317. The van der Waals surface area contributed by atoms with Crippen molar-refractivity contribution < 1.29 is 4.74 Å². The van der Waals surface area contributed by atoms with E-state index in [2.05, 4.69) is 42.9 Å². The number of rotatable bonds is 5. The van der Waals surface area contributed by atoms with Crippen LogP contribution in [0.5, 0.6) is 0 Å². The van der Waals surface area contributed by atoms with Gasteiger partial charge in [-0.3, -0.25) is 9.58 Å². The molecule has 0 bridgehead atoms. The van der Waals surface area contributed by atoms with Gasteiger partial charge in [0.1, 0.15) is 0 Å². The molecule has 0 aliphatic carbocycles. The number of aryl methyl sites for hydroxylation is 2. The van der Waals surface area contributed by atoms with Gasteiger partial charge in [-0.2, -0.15) is 5.10 Å². The first-order valence-corrected chi connectivity index (χ1v) is 8.76. The molecule has 2 fully saturated rings. The summed E-state index contributed by atoms with van der Waals surface area (Å²) in [6.45, 7) is 10.0. The minimum absolute atomic E-state index is 0.317. The molecule has 1 N–H and O–H groups in total. The minimum Gasteiger partial charge on any atom is -0.374 e. The Morgan fingerprint density at radius 2 is 2.33 bits per heavy atom. The van der Waals surface area contributed by atoms with Crippen molar-refractivity contribution >= 4 is 15.9 Å². The lowest BCUT2D eigenvalue weighted by Crippen LogP contribution is -2.49. The van der Waals surface area contributed by atoms with Gasteiger partial charge in [-0.05, 0) is 49.2 Å². The molecule has 3 rings (SSSR count). The predicted molar refractivity (Wildman–Crippen MR) is 86.4 cm³/mol. The molecule has 3 heterocycles. The van der Waals surface area contributed by atoms with E-state index in [1.807, 2.05) is 6.92 Å². The van der Waals surface area contributed by atoms with Crippen LogP contribution in [-0.4, -0.2) is 53.1 Å². The largest absolute Gasteiger partial charge is 0.374 e. The fourth-order valence-electron chi connectivity index (χ4n) is 3.40. The molecule has 1 aromatic rings. The number of hydrogen-bond donors (Lipinski definition) is 1. The van der Waals surface area contributed by atoms with Crippen molar-refractivity contribution in [1.29, 1.82) is 0 Å². The fourth-order valence-corrected chi connectivity index (χ4v) is 3.82. The molecule has 0 radical (unpaired) electrons. The average Bonchev–Trinajstić information content (AvgIpc) is 3.05. The van der Waals surface area contributed by atoms with E-state index in [0.717, 1.165) is 43.0 Å². The molecule has 2 atom stereocenters. The van der Waals surface area contributed by atoms with Crippen LogP contribution in [0.3, 0.4) is 0 Å². The molecule has 6 heteroatoms. The SMILES string of the molecule is CCn1nc(C)c(Br)c1CNCC1CN2CCCC2CO1. The van der Waals surface area contributed by atoms with Crippen LogP contribution in [0.25, 0.3) is 0 Å². The molecule has 0 aromatic carbocycles. The molecule has 21 heavy (non-hydrogen) atoms. The summed E-state index contributed by atoms with van der Waals surface area (Å²) in [6.07, 6.45) is 2.95. The molecule has 118 valence electrons. The van der Waals surface area contributed by atoms with E-state index >= 15 is 0 Å². The molecule has 2 aliphatic rings. The van der Waals surface area contributed by atoms with Gasteiger partial charge in [0, 0.05) is 32.2 Å². The van der Waals surface area contributed by atoms with Gasteiger partial charge in [-0.25, -0.2) is 0 Å². The van der Waals surface area contributed by atoms with Gasteiger partial charge in [0.05, 0.1) is 28.6 Å². The van der Waals surface area contributed by atoms with Gasteiger partial charge in [-0.15, -0.1) is 0 Å². The Bertz CT molecular complexity index is 490. The van der Waals surface area contributed by atoms with Gasteiger partial charge in [0.2, 0.25) is 0 Å². The number of hydrogen-bond acceptors (Lipinski definition) is 4. The first-order chi connectivity index (χ1) is 10.2. The fraction of sp³-hybridized carbons (Fsp3) is 0.800. The van der Waals surface area contributed by atoms with Crippen LogP contribution in [0, 0.1) is 6.92 Å². The van der Waals surface area contributed by atoms with Crippen LogP contribution in [-0.2, 0) is 17.8 Å². The van der Waals surface area contributed by atoms with Crippen LogP contribution < -0.4 is 5.32 Å². The van der Waals surface area contributed by atoms with Crippen molar-refractivity contribution in [3.8, 4) is 0 Å². The highest BCUT2D eigenvalue weighted by molar-refractivity contribution is 9.10. The van der Waals surface area contributed by atoms with E-state index < -0.39 is 0 Å². The Morgan fingerprint density at radius 1 is 1.48 bits per heavy atom. The Balaban J connectivity index is 1.50. The van der Waals surface area contributed by atoms with Crippen LogP contribution in [0.2, 0.25) is 0 Å². The summed E-state index contributed by atoms with van der Waals surface area (Å²) in [5.74, 6) is 0. The second kappa shape index (κ2) is 6.77. The summed E-state index contributed by atoms with van der Waals surface area (Å²) in [4.78, 5) is 2.59. The zero-order valence-corrected chi connectivity index (χ0v) is 14.5. The molecule has 0 saturated carbocycles. The van der Waals surface area contributed by atoms with Gasteiger partial charge in [0.15, 0.2) is 0 Å². The third-order valence-corrected chi connectivity index (χ3v) is 5.61. The highest BCUT2D eigenvalue weighted by atomic mass is 79.9. The molecular formula is C15H25BrN4O. The number of halogens is 1. The van der Waals surface area contributed by atoms with Crippen molar-refractivity contribution in [3.05, 3.63) is 15.9 Å². The highest BCUT2D eigenvalue weighted by Gasteiger charge is 2.31. The number of nitrogens with one attached hydrogen (secondary N) is 1. The molecule has 1 aromatic heterocycles. The number of morpholine rings is 1. The number of aromatic nitrogens is 2. The predicted octanol–water partition coefficient (Wildman–Crippen LogP) is 1.93. The first-order valence-electron chi connectivity index (χ1n) is 7.97. The Kier molecular flexibility index (Phi) is 4.99. The van der Waals surface area contributed by atoms with Crippen molar-refractivity contribution in [2.45, 2.75) is 51.9 Å². The third kappa shape index (κ3) is 3.33.